The predicted octanol–water partition coefficient (Wildman–Crippen LogP) is 6.23. The van der Waals surface area contributed by atoms with Gasteiger partial charge in [0, 0.05) is 5.92 Å². The van der Waals surface area contributed by atoms with Crippen LogP contribution in [-0.2, 0) is 4.74 Å². The first-order valence-electron chi connectivity index (χ1n) is 9.43. The van der Waals surface area contributed by atoms with E-state index in [1.165, 1.54) is 29.6 Å². The van der Waals surface area contributed by atoms with Crippen molar-refractivity contribution in [3.8, 4) is 0 Å². The number of fused-ring (bicyclic) bond motifs is 1. The fourth-order valence-electron chi connectivity index (χ4n) is 4.37. The summed E-state index contributed by atoms with van der Waals surface area (Å²) in [6, 6.07) is 0. The quantitative estimate of drug-likeness (QED) is 0.560. The molecule has 3 rings (SSSR count). The second-order valence-electron chi connectivity index (χ2n) is 7.22. The molecule has 2 aliphatic carbocycles. The van der Waals surface area contributed by atoms with E-state index >= 15 is 0 Å². The summed E-state index contributed by atoms with van der Waals surface area (Å²) in [5.74, 6) is 0.548. The molecule has 0 saturated heterocycles. The zero-order chi connectivity index (χ0) is 17.2. The number of hydrogen-bond acceptors (Lipinski definition) is 1. The average molecular weight is 322 g/mol. The first kappa shape index (κ1) is 17.2. The number of allylic oxidation sites excluding steroid dienone is 7. The molecule has 3 unspecified atom stereocenters. The third-order valence-corrected chi connectivity index (χ3v) is 5.56. The van der Waals surface area contributed by atoms with Crippen LogP contribution in [0.4, 0.5) is 0 Å². The van der Waals surface area contributed by atoms with Crippen LogP contribution in [0.1, 0.15) is 52.9 Å². The highest BCUT2D eigenvalue weighted by atomic mass is 16.5. The van der Waals surface area contributed by atoms with Crippen molar-refractivity contribution in [1.29, 1.82) is 0 Å². The SMILES string of the molecule is C=C1/C=C\C=C/C2(C=C(C)C(CCC)C(CC)O2)C2=C1C=CCC2. The molecule has 1 aliphatic heterocycles. The molecule has 1 nitrogen and oxygen atoms in total. The van der Waals surface area contributed by atoms with Crippen molar-refractivity contribution in [2.24, 2.45) is 5.92 Å². The van der Waals surface area contributed by atoms with Gasteiger partial charge in [-0.05, 0) is 61.5 Å². The summed E-state index contributed by atoms with van der Waals surface area (Å²) in [6.45, 7) is 11.1. The topological polar surface area (TPSA) is 9.23 Å². The van der Waals surface area contributed by atoms with Gasteiger partial charge in [-0.3, -0.25) is 0 Å². The minimum atomic E-state index is -0.400. The van der Waals surface area contributed by atoms with E-state index in [1.54, 1.807) is 0 Å². The molecular formula is C23H30O. The van der Waals surface area contributed by atoms with Crippen molar-refractivity contribution < 1.29 is 4.74 Å². The van der Waals surface area contributed by atoms with E-state index in [0.29, 0.717) is 5.92 Å². The molecule has 0 amide bonds. The van der Waals surface area contributed by atoms with Crippen LogP contribution in [0, 0.1) is 5.92 Å². The maximum absolute atomic E-state index is 6.82. The van der Waals surface area contributed by atoms with Crippen LogP contribution in [0.5, 0.6) is 0 Å². The van der Waals surface area contributed by atoms with Crippen LogP contribution >= 0.6 is 0 Å². The lowest BCUT2D eigenvalue weighted by atomic mass is 9.74. The lowest BCUT2D eigenvalue weighted by Gasteiger charge is -2.44. The van der Waals surface area contributed by atoms with E-state index in [-0.39, 0.29) is 6.10 Å². The molecule has 1 heteroatoms. The summed E-state index contributed by atoms with van der Waals surface area (Å²) in [5, 5.41) is 0. The van der Waals surface area contributed by atoms with Gasteiger partial charge < -0.3 is 4.74 Å². The van der Waals surface area contributed by atoms with Crippen LogP contribution in [0.25, 0.3) is 0 Å². The Kier molecular flexibility index (Phi) is 5.10. The fraction of sp³-hybridized carbons (Fsp3) is 0.478. The highest BCUT2D eigenvalue weighted by Crippen LogP contribution is 2.45. The molecule has 3 aliphatic rings. The maximum Gasteiger partial charge on any atom is 0.127 e. The monoisotopic (exact) mass is 322 g/mol. The molecule has 24 heavy (non-hydrogen) atoms. The first-order valence-corrected chi connectivity index (χ1v) is 9.43. The van der Waals surface area contributed by atoms with Crippen molar-refractivity contribution in [3.63, 3.8) is 0 Å². The molecule has 128 valence electrons. The second-order valence-corrected chi connectivity index (χ2v) is 7.22. The standard InChI is InChI=1S/C23H30O/c1-5-11-20-18(4)16-23(24-22(20)6-2)15-10-9-12-17(3)19-13-7-8-14-21(19)23/h7,9-10,12-13,15-16,20,22H,3,5-6,8,11,14H2,1-2,4H3/b12-9-,15-10-. The molecule has 0 radical (unpaired) electrons. The van der Waals surface area contributed by atoms with Gasteiger partial charge in [-0.25, -0.2) is 0 Å². The van der Waals surface area contributed by atoms with Crippen LogP contribution in [0.2, 0.25) is 0 Å². The summed E-state index contributed by atoms with van der Waals surface area (Å²) in [4.78, 5) is 0. The van der Waals surface area contributed by atoms with Crippen LogP contribution < -0.4 is 0 Å². The molecule has 1 heterocycles. The smallest absolute Gasteiger partial charge is 0.127 e. The van der Waals surface area contributed by atoms with Crippen molar-refractivity contribution in [2.45, 2.75) is 64.6 Å². The summed E-state index contributed by atoms with van der Waals surface area (Å²) in [7, 11) is 0. The van der Waals surface area contributed by atoms with E-state index in [9.17, 15) is 0 Å². The van der Waals surface area contributed by atoms with Gasteiger partial charge in [0.05, 0.1) is 6.10 Å². The highest BCUT2D eigenvalue weighted by molar-refractivity contribution is 5.57. The van der Waals surface area contributed by atoms with E-state index in [4.69, 9.17) is 4.74 Å². The molecule has 0 fully saturated rings. The number of ether oxygens (including phenoxy) is 1. The predicted molar refractivity (Wildman–Crippen MR) is 103 cm³/mol. The zero-order valence-electron chi connectivity index (χ0n) is 15.3. The van der Waals surface area contributed by atoms with Crippen LogP contribution in [0.3, 0.4) is 0 Å². The molecule has 1 spiro atoms. The van der Waals surface area contributed by atoms with E-state index in [0.717, 1.165) is 24.8 Å². The lowest BCUT2D eigenvalue weighted by molar-refractivity contribution is -0.0547. The summed E-state index contributed by atoms with van der Waals surface area (Å²) in [5.41, 5.74) is 4.81. The number of hydrogen-bond donors (Lipinski definition) is 0. The largest absolute Gasteiger partial charge is 0.359 e. The van der Waals surface area contributed by atoms with Crippen molar-refractivity contribution in [3.05, 3.63) is 71.4 Å². The minimum Gasteiger partial charge on any atom is -0.359 e. The van der Waals surface area contributed by atoms with E-state index in [1.807, 2.05) is 0 Å². The number of rotatable bonds is 3. The average Bonchev–Trinajstić information content (AvgIpc) is 2.59. The van der Waals surface area contributed by atoms with Gasteiger partial charge >= 0.3 is 0 Å². The Hall–Kier alpha value is -1.60. The molecule has 0 saturated carbocycles. The van der Waals surface area contributed by atoms with Crippen LogP contribution in [0.15, 0.2) is 71.4 Å². The van der Waals surface area contributed by atoms with E-state index < -0.39 is 5.60 Å². The van der Waals surface area contributed by atoms with Crippen LogP contribution in [-0.4, -0.2) is 11.7 Å². The molecule has 0 aromatic rings. The normalized spacial score (nSPS) is 35.3. The maximum atomic E-state index is 6.82. The van der Waals surface area contributed by atoms with Gasteiger partial charge in [0.25, 0.3) is 0 Å². The lowest BCUT2D eigenvalue weighted by Crippen LogP contribution is -2.44. The molecule has 0 N–H and O–H groups in total. The zero-order valence-corrected chi connectivity index (χ0v) is 15.3. The highest BCUT2D eigenvalue weighted by Gasteiger charge is 2.41. The third-order valence-electron chi connectivity index (χ3n) is 5.56. The van der Waals surface area contributed by atoms with Gasteiger partial charge in [-0.1, -0.05) is 62.8 Å². The van der Waals surface area contributed by atoms with Gasteiger partial charge in [-0.2, -0.15) is 0 Å². The Morgan fingerprint density at radius 2 is 2.08 bits per heavy atom. The first-order chi connectivity index (χ1) is 11.6. The Morgan fingerprint density at radius 3 is 2.83 bits per heavy atom. The Labute approximate surface area is 147 Å². The van der Waals surface area contributed by atoms with Gasteiger partial charge in [0.2, 0.25) is 0 Å². The summed E-state index contributed by atoms with van der Waals surface area (Å²) >= 11 is 0. The molecular weight excluding hydrogens is 292 g/mol. The Bertz CT molecular complexity index is 656. The van der Waals surface area contributed by atoms with Gasteiger partial charge in [-0.15, -0.1) is 0 Å². The van der Waals surface area contributed by atoms with Crippen molar-refractivity contribution in [2.75, 3.05) is 0 Å². The second kappa shape index (κ2) is 7.11. The van der Waals surface area contributed by atoms with Gasteiger partial charge in [0.15, 0.2) is 0 Å². The van der Waals surface area contributed by atoms with Gasteiger partial charge in [0.1, 0.15) is 5.60 Å². The Balaban J connectivity index is 2.14. The molecule has 0 aromatic heterocycles. The fourth-order valence-corrected chi connectivity index (χ4v) is 4.37. The molecule has 3 atom stereocenters. The van der Waals surface area contributed by atoms with Crippen molar-refractivity contribution in [1.82, 2.24) is 0 Å². The van der Waals surface area contributed by atoms with Crippen molar-refractivity contribution >= 4 is 0 Å². The minimum absolute atomic E-state index is 0.288. The molecule has 0 bridgehead atoms. The summed E-state index contributed by atoms with van der Waals surface area (Å²) in [6.07, 6.45) is 21.3. The summed E-state index contributed by atoms with van der Waals surface area (Å²) < 4.78 is 6.82. The third kappa shape index (κ3) is 3.02. The molecule has 0 aromatic carbocycles. The Morgan fingerprint density at radius 1 is 1.25 bits per heavy atom. The van der Waals surface area contributed by atoms with E-state index in [2.05, 4.69) is 69.9 Å².